The summed E-state index contributed by atoms with van der Waals surface area (Å²) in [5, 5.41) is 9.74. The van der Waals surface area contributed by atoms with Crippen molar-refractivity contribution in [2.75, 3.05) is 0 Å². The van der Waals surface area contributed by atoms with Gasteiger partial charge < -0.3 is 10.1 Å². The third-order valence-corrected chi connectivity index (χ3v) is 3.80. The monoisotopic (exact) mass is 294 g/mol. The van der Waals surface area contributed by atoms with E-state index in [0.717, 1.165) is 6.42 Å². The lowest BCUT2D eigenvalue weighted by Crippen LogP contribution is -2.16. The minimum Gasteiger partial charge on any atom is -0.493 e. The zero-order chi connectivity index (χ0) is 14.5. The van der Waals surface area contributed by atoms with Gasteiger partial charge in [-0.3, -0.25) is 4.79 Å². The number of rotatable bonds is 5. The molecule has 1 aromatic carbocycles. The summed E-state index contributed by atoms with van der Waals surface area (Å²) in [6.07, 6.45) is 1.23. The van der Waals surface area contributed by atoms with Crippen LogP contribution in [0.4, 0.5) is 4.39 Å². The number of halogens is 1. The smallest absolute Gasteiger partial charge is 0.257 e. The van der Waals surface area contributed by atoms with Crippen LogP contribution in [0.2, 0.25) is 0 Å². The van der Waals surface area contributed by atoms with E-state index in [1.54, 1.807) is 18.2 Å². The third kappa shape index (κ3) is 3.39. The summed E-state index contributed by atoms with van der Waals surface area (Å²) >= 11 is 1.22. The largest absolute Gasteiger partial charge is 0.493 e. The Morgan fingerprint density at radius 3 is 2.80 bits per heavy atom. The average Bonchev–Trinajstić information content (AvgIpc) is 2.42. The highest BCUT2D eigenvalue weighted by Crippen LogP contribution is 2.24. The zero-order valence-electron chi connectivity index (χ0n) is 11.0. The molecule has 0 spiro atoms. The summed E-state index contributed by atoms with van der Waals surface area (Å²) in [6.45, 7) is 1.92. The normalized spacial score (nSPS) is 10.7. The molecule has 2 aromatic rings. The van der Waals surface area contributed by atoms with Crippen molar-refractivity contribution in [3.05, 3.63) is 51.8 Å². The quantitative estimate of drug-likeness (QED) is 0.832. The minimum absolute atomic E-state index is 0.236. The Balaban J connectivity index is 2.15. The number of H-pyrrole nitrogens is 1. The van der Waals surface area contributed by atoms with Crippen molar-refractivity contribution >= 4 is 11.8 Å². The van der Waals surface area contributed by atoms with E-state index in [0.29, 0.717) is 22.7 Å². The van der Waals surface area contributed by atoms with Gasteiger partial charge in [-0.05, 0) is 18.6 Å². The highest BCUT2D eigenvalue weighted by atomic mass is 32.2. The van der Waals surface area contributed by atoms with Crippen molar-refractivity contribution < 1.29 is 9.50 Å². The van der Waals surface area contributed by atoms with Crippen LogP contribution >= 0.6 is 11.8 Å². The molecule has 6 heteroatoms. The molecule has 0 radical (unpaired) electrons. The second-order valence-electron chi connectivity index (χ2n) is 4.28. The molecule has 0 unspecified atom stereocenters. The number of aromatic nitrogens is 2. The molecule has 1 aromatic heterocycles. The van der Waals surface area contributed by atoms with E-state index in [1.807, 2.05) is 6.92 Å². The van der Waals surface area contributed by atoms with Crippen LogP contribution in [0.3, 0.4) is 0 Å². The predicted molar refractivity (Wildman–Crippen MR) is 76.5 cm³/mol. The van der Waals surface area contributed by atoms with Gasteiger partial charge in [0.25, 0.3) is 5.56 Å². The average molecular weight is 294 g/mol. The van der Waals surface area contributed by atoms with E-state index in [-0.39, 0.29) is 23.0 Å². The van der Waals surface area contributed by atoms with Gasteiger partial charge in [-0.1, -0.05) is 25.5 Å². The van der Waals surface area contributed by atoms with Crippen molar-refractivity contribution in [1.29, 1.82) is 0 Å². The summed E-state index contributed by atoms with van der Waals surface area (Å²) in [7, 11) is 0. The van der Waals surface area contributed by atoms with Crippen LogP contribution in [0.25, 0.3) is 0 Å². The Kier molecular flexibility index (Phi) is 4.79. The predicted octanol–water partition coefficient (Wildman–Crippen LogP) is 2.86. The number of hydrogen-bond acceptors (Lipinski definition) is 4. The fourth-order valence-electron chi connectivity index (χ4n) is 1.78. The number of nitrogens with zero attached hydrogens (tertiary/aromatic N) is 1. The Morgan fingerprint density at radius 2 is 2.15 bits per heavy atom. The molecule has 0 fully saturated rings. The number of hydrogen-bond donors (Lipinski definition) is 2. The fraction of sp³-hybridized carbons (Fsp3) is 0.286. The van der Waals surface area contributed by atoms with Gasteiger partial charge in [0, 0.05) is 4.90 Å². The summed E-state index contributed by atoms with van der Waals surface area (Å²) in [4.78, 5) is 18.8. The van der Waals surface area contributed by atoms with Gasteiger partial charge >= 0.3 is 0 Å². The molecule has 1 heterocycles. The SMILES string of the molecule is CCCc1c(O)nc(CSc2ccccc2F)[nH]c1=O. The summed E-state index contributed by atoms with van der Waals surface area (Å²) < 4.78 is 13.5. The van der Waals surface area contributed by atoms with Gasteiger partial charge in [0.15, 0.2) is 0 Å². The van der Waals surface area contributed by atoms with Crippen LogP contribution < -0.4 is 5.56 Å². The van der Waals surface area contributed by atoms with Crippen LogP contribution in [0.1, 0.15) is 24.7 Å². The number of aromatic hydroxyl groups is 1. The molecule has 20 heavy (non-hydrogen) atoms. The Morgan fingerprint density at radius 1 is 1.40 bits per heavy atom. The molecule has 0 aliphatic heterocycles. The van der Waals surface area contributed by atoms with Crippen molar-refractivity contribution in [3.63, 3.8) is 0 Å². The summed E-state index contributed by atoms with van der Waals surface area (Å²) in [5.74, 6) is 0.0721. The molecule has 4 nitrogen and oxygen atoms in total. The Labute approximate surface area is 120 Å². The van der Waals surface area contributed by atoms with Crippen molar-refractivity contribution in [3.8, 4) is 5.88 Å². The minimum atomic E-state index is -0.330. The van der Waals surface area contributed by atoms with Gasteiger partial charge in [-0.2, -0.15) is 4.98 Å². The second kappa shape index (κ2) is 6.56. The fourth-order valence-corrected chi connectivity index (χ4v) is 2.59. The lowest BCUT2D eigenvalue weighted by Gasteiger charge is -2.05. The van der Waals surface area contributed by atoms with E-state index < -0.39 is 0 Å². The molecule has 0 bridgehead atoms. The third-order valence-electron chi connectivity index (χ3n) is 2.74. The van der Waals surface area contributed by atoms with Crippen LogP contribution in [-0.4, -0.2) is 15.1 Å². The lowest BCUT2D eigenvalue weighted by molar-refractivity contribution is 0.440. The van der Waals surface area contributed by atoms with Crippen LogP contribution in [0, 0.1) is 5.82 Å². The highest BCUT2D eigenvalue weighted by molar-refractivity contribution is 7.98. The van der Waals surface area contributed by atoms with Gasteiger partial charge in [0.05, 0.1) is 11.3 Å². The van der Waals surface area contributed by atoms with Gasteiger partial charge in [-0.15, -0.1) is 11.8 Å². The second-order valence-corrected chi connectivity index (χ2v) is 5.30. The van der Waals surface area contributed by atoms with E-state index in [2.05, 4.69) is 9.97 Å². The molecule has 0 atom stereocenters. The number of benzene rings is 1. The van der Waals surface area contributed by atoms with Gasteiger partial charge in [-0.25, -0.2) is 4.39 Å². The zero-order valence-corrected chi connectivity index (χ0v) is 11.8. The van der Waals surface area contributed by atoms with Crippen molar-refractivity contribution in [2.45, 2.75) is 30.4 Å². The molecule has 0 saturated heterocycles. The van der Waals surface area contributed by atoms with E-state index >= 15 is 0 Å². The van der Waals surface area contributed by atoms with Crippen LogP contribution in [0.5, 0.6) is 5.88 Å². The maximum absolute atomic E-state index is 13.5. The van der Waals surface area contributed by atoms with Gasteiger partial charge in [0.2, 0.25) is 5.88 Å². The number of thioether (sulfide) groups is 1. The lowest BCUT2D eigenvalue weighted by atomic mass is 10.2. The topological polar surface area (TPSA) is 66.0 Å². The molecule has 0 aliphatic carbocycles. The molecule has 0 aliphatic rings. The first-order valence-corrected chi connectivity index (χ1v) is 7.28. The van der Waals surface area contributed by atoms with E-state index in [4.69, 9.17) is 0 Å². The van der Waals surface area contributed by atoms with E-state index in [9.17, 15) is 14.3 Å². The first-order valence-electron chi connectivity index (χ1n) is 6.30. The van der Waals surface area contributed by atoms with Gasteiger partial charge in [0.1, 0.15) is 11.6 Å². The molecule has 2 rings (SSSR count). The Bertz CT molecular complexity index is 658. The standard InChI is InChI=1S/C14H15FN2O2S/c1-2-5-9-13(18)16-12(17-14(9)19)8-20-11-7-4-3-6-10(11)15/h3-4,6-7H,2,5,8H2,1H3,(H2,16,17,18,19). The van der Waals surface area contributed by atoms with E-state index in [1.165, 1.54) is 17.8 Å². The molecule has 0 amide bonds. The molecular formula is C14H15FN2O2S. The molecule has 2 N–H and O–H groups in total. The first-order chi connectivity index (χ1) is 9.61. The number of aromatic amines is 1. The summed E-state index contributed by atoms with van der Waals surface area (Å²) in [5.41, 5.74) is -0.0318. The van der Waals surface area contributed by atoms with Crippen molar-refractivity contribution in [1.82, 2.24) is 9.97 Å². The van der Waals surface area contributed by atoms with Crippen LogP contribution in [0.15, 0.2) is 34.0 Å². The summed E-state index contributed by atoms with van der Waals surface area (Å²) in [6, 6.07) is 6.39. The molecule has 106 valence electrons. The molecular weight excluding hydrogens is 279 g/mol. The first kappa shape index (κ1) is 14.6. The maximum Gasteiger partial charge on any atom is 0.257 e. The van der Waals surface area contributed by atoms with Crippen molar-refractivity contribution in [2.24, 2.45) is 0 Å². The Hall–Kier alpha value is -1.82. The van der Waals surface area contributed by atoms with Crippen LogP contribution in [-0.2, 0) is 12.2 Å². The molecule has 0 saturated carbocycles. The highest BCUT2D eigenvalue weighted by Gasteiger charge is 2.10. The number of nitrogens with one attached hydrogen (secondary N) is 1. The maximum atomic E-state index is 13.5.